The van der Waals surface area contributed by atoms with Gasteiger partial charge in [-0.15, -0.1) is 11.3 Å². The normalized spacial score (nSPS) is 10.9. The summed E-state index contributed by atoms with van der Waals surface area (Å²) in [5, 5.41) is 6.59. The smallest absolute Gasteiger partial charge is 0.348 e. The molecule has 2 aromatic heterocycles. The van der Waals surface area contributed by atoms with Crippen LogP contribution in [0.1, 0.15) is 34.9 Å². The zero-order chi connectivity index (χ0) is 17.1. The highest BCUT2D eigenvalue weighted by Gasteiger charge is 2.20. The number of methoxy groups -OCH3 is 1. The van der Waals surface area contributed by atoms with Crippen LogP contribution < -0.4 is 10.6 Å². The number of anilines is 1. The van der Waals surface area contributed by atoms with Gasteiger partial charge in [-0.25, -0.2) is 14.8 Å². The molecule has 0 saturated heterocycles. The Balaban J connectivity index is 2.37. The van der Waals surface area contributed by atoms with Crippen LogP contribution in [0.3, 0.4) is 0 Å². The van der Waals surface area contributed by atoms with E-state index in [2.05, 4.69) is 20.6 Å². The third-order valence-corrected chi connectivity index (χ3v) is 4.30. The Bertz CT molecular complexity index is 755. The van der Waals surface area contributed by atoms with Gasteiger partial charge in [-0.3, -0.25) is 4.79 Å². The van der Waals surface area contributed by atoms with Crippen LogP contribution in [-0.4, -0.2) is 41.5 Å². The van der Waals surface area contributed by atoms with Crippen LogP contribution >= 0.6 is 11.3 Å². The van der Waals surface area contributed by atoms with Crippen LogP contribution in [0.25, 0.3) is 10.2 Å². The molecule has 0 aliphatic heterocycles. The van der Waals surface area contributed by atoms with Crippen molar-refractivity contribution in [3.05, 3.63) is 16.3 Å². The van der Waals surface area contributed by atoms with Crippen LogP contribution in [0.5, 0.6) is 0 Å². The molecule has 0 unspecified atom stereocenters. The second kappa shape index (κ2) is 6.91. The summed E-state index contributed by atoms with van der Waals surface area (Å²) in [7, 11) is 1.35. The average Bonchev–Trinajstić information content (AvgIpc) is 2.80. The summed E-state index contributed by atoms with van der Waals surface area (Å²) in [6.07, 6.45) is 0. The number of amides is 1. The second-order valence-corrected chi connectivity index (χ2v) is 6.42. The first-order valence-corrected chi connectivity index (χ1v) is 8.04. The van der Waals surface area contributed by atoms with Gasteiger partial charge in [-0.1, -0.05) is 0 Å². The Labute approximate surface area is 138 Å². The van der Waals surface area contributed by atoms with Gasteiger partial charge in [-0.05, 0) is 33.3 Å². The van der Waals surface area contributed by atoms with Gasteiger partial charge in [0, 0.05) is 6.04 Å². The van der Waals surface area contributed by atoms with Crippen molar-refractivity contribution < 1.29 is 14.3 Å². The fraction of sp³-hybridized carbons (Fsp3) is 0.467. The fourth-order valence-corrected chi connectivity index (χ4v) is 3.34. The lowest BCUT2D eigenvalue weighted by molar-refractivity contribution is -0.119. The van der Waals surface area contributed by atoms with Crippen molar-refractivity contribution in [2.24, 2.45) is 0 Å². The number of thiophene rings is 1. The van der Waals surface area contributed by atoms with E-state index >= 15 is 0 Å². The quantitative estimate of drug-likeness (QED) is 0.812. The number of carbonyl (C=O) groups excluding carboxylic acids is 2. The first-order chi connectivity index (χ1) is 10.8. The first kappa shape index (κ1) is 17.1. The molecular formula is C15H20N4O3S. The number of hydrogen-bond donors (Lipinski definition) is 2. The van der Waals surface area contributed by atoms with Gasteiger partial charge >= 0.3 is 5.97 Å². The maximum absolute atomic E-state index is 11.8. The summed E-state index contributed by atoms with van der Waals surface area (Å²) in [5.41, 5.74) is 0.753. The predicted octanol–water partition coefficient (Wildman–Crippen LogP) is 2.03. The number of aryl methyl sites for hydroxylation is 2. The van der Waals surface area contributed by atoms with Crippen molar-refractivity contribution in [1.82, 2.24) is 15.3 Å². The van der Waals surface area contributed by atoms with E-state index in [4.69, 9.17) is 4.74 Å². The minimum atomic E-state index is -0.397. The maximum atomic E-state index is 11.8. The molecule has 2 N–H and O–H groups in total. The SMILES string of the molecule is COC(=O)c1sc2nc(C)nc(NCC(=O)NC(C)C)c2c1C. The van der Waals surface area contributed by atoms with Crippen LogP contribution in [0.4, 0.5) is 5.82 Å². The first-order valence-electron chi connectivity index (χ1n) is 7.22. The van der Waals surface area contributed by atoms with Crippen molar-refractivity contribution in [2.75, 3.05) is 19.0 Å². The van der Waals surface area contributed by atoms with Crippen molar-refractivity contribution in [1.29, 1.82) is 0 Å². The monoisotopic (exact) mass is 336 g/mol. The molecule has 0 aliphatic rings. The lowest BCUT2D eigenvalue weighted by atomic mass is 10.2. The number of hydrogen-bond acceptors (Lipinski definition) is 7. The largest absolute Gasteiger partial charge is 0.465 e. The topological polar surface area (TPSA) is 93.2 Å². The van der Waals surface area contributed by atoms with Crippen LogP contribution in [0.2, 0.25) is 0 Å². The molecule has 8 heteroatoms. The van der Waals surface area contributed by atoms with E-state index in [-0.39, 0.29) is 18.5 Å². The number of rotatable bonds is 5. The molecule has 0 saturated carbocycles. The standard InChI is InChI=1S/C15H20N4O3S/c1-7(2)17-10(20)6-16-13-11-8(3)12(15(21)22-5)23-14(11)19-9(4)18-13/h7H,6H2,1-5H3,(H,17,20)(H,16,18,19). The minimum Gasteiger partial charge on any atom is -0.465 e. The molecule has 2 heterocycles. The van der Waals surface area contributed by atoms with E-state index in [1.807, 2.05) is 20.8 Å². The summed E-state index contributed by atoms with van der Waals surface area (Å²) in [6.45, 7) is 7.49. The van der Waals surface area contributed by atoms with E-state index in [0.717, 1.165) is 10.9 Å². The highest BCUT2D eigenvalue weighted by Crippen LogP contribution is 2.34. The van der Waals surface area contributed by atoms with Gasteiger partial charge in [-0.2, -0.15) is 0 Å². The zero-order valence-electron chi connectivity index (χ0n) is 13.8. The molecule has 23 heavy (non-hydrogen) atoms. The van der Waals surface area contributed by atoms with Gasteiger partial charge in [0.1, 0.15) is 21.3 Å². The summed E-state index contributed by atoms with van der Waals surface area (Å²) in [6, 6.07) is 0.0743. The van der Waals surface area contributed by atoms with Gasteiger partial charge in [0.15, 0.2) is 0 Å². The number of nitrogens with zero attached hydrogens (tertiary/aromatic N) is 2. The van der Waals surface area contributed by atoms with Gasteiger partial charge in [0.25, 0.3) is 0 Å². The Hall–Kier alpha value is -2.22. The second-order valence-electron chi connectivity index (χ2n) is 5.42. The Morgan fingerprint density at radius 1 is 1.26 bits per heavy atom. The molecular weight excluding hydrogens is 316 g/mol. The van der Waals surface area contributed by atoms with Gasteiger partial charge in [0.05, 0.1) is 19.0 Å². The van der Waals surface area contributed by atoms with E-state index in [0.29, 0.717) is 21.3 Å². The number of nitrogens with one attached hydrogen (secondary N) is 2. The minimum absolute atomic E-state index is 0.0743. The molecule has 0 radical (unpaired) electrons. The Morgan fingerprint density at radius 2 is 1.96 bits per heavy atom. The predicted molar refractivity (Wildman–Crippen MR) is 90.0 cm³/mol. The molecule has 1 amide bonds. The molecule has 0 aliphatic carbocycles. The Kier molecular flexibility index (Phi) is 5.15. The lowest BCUT2D eigenvalue weighted by Crippen LogP contribution is -2.35. The highest BCUT2D eigenvalue weighted by molar-refractivity contribution is 7.20. The molecule has 7 nitrogen and oxygen atoms in total. The van der Waals surface area contributed by atoms with Crippen molar-refractivity contribution >= 4 is 39.2 Å². The molecule has 124 valence electrons. The molecule has 0 aromatic carbocycles. The molecule has 2 aromatic rings. The molecule has 0 fully saturated rings. The lowest BCUT2D eigenvalue weighted by Gasteiger charge is -2.11. The van der Waals surface area contributed by atoms with E-state index in [1.54, 1.807) is 6.92 Å². The van der Waals surface area contributed by atoms with Crippen LogP contribution in [-0.2, 0) is 9.53 Å². The number of esters is 1. The van der Waals surface area contributed by atoms with Crippen molar-refractivity contribution in [3.63, 3.8) is 0 Å². The summed E-state index contributed by atoms with van der Waals surface area (Å²) >= 11 is 1.26. The van der Waals surface area contributed by atoms with Crippen LogP contribution in [0, 0.1) is 13.8 Å². The number of carbonyl (C=O) groups is 2. The highest BCUT2D eigenvalue weighted by atomic mass is 32.1. The third-order valence-electron chi connectivity index (χ3n) is 3.14. The van der Waals surface area contributed by atoms with Crippen molar-refractivity contribution in [3.8, 4) is 0 Å². The summed E-state index contributed by atoms with van der Waals surface area (Å²) in [5.74, 6) is 0.606. The van der Waals surface area contributed by atoms with Crippen molar-refractivity contribution in [2.45, 2.75) is 33.7 Å². The van der Waals surface area contributed by atoms with Crippen LogP contribution in [0.15, 0.2) is 0 Å². The molecule has 0 bridgehead atoms. The molecule has 0 spiro atoms. The number of ether oxygens (including phenoxy) is 1. The fourth-order valence-electron chi connectivity index (χ4n) is 2.20. The van der Waals surface area contributed by atoms with E-state index in [9.17, 15) is 9.59 Å². The van der Waals surface area contributed by atoms with E-state index in [1.165, 1.54) is 18.4 Å². The Morgan fingerprint density at radius 3 is 2.57 bits per heavy atom. The van der Waals surface area contributed by atoms with Gasteiger partial charge in [0.2, 0.25) is 5.91 Å². The zero-order valence-corrected chi connectivity index (χ0v) is 14.6. The third kappa shape index (κ3) is 3.76. The average molecular weight is 336 g/mol. The molecule has 2 rings (SSSR count). The molecule has 0 atom stereocenters. The summed E-state index contributed by atoms with van der Waals surface area (Å²) < 4.78 is 4.80. The van der Waals surface area contributed by atoms with Gasteiger partial charge < -0.3 is 15.4 Å². The summed E-state index contributed by atoms with van der Waals surface area (Å²) in [4.78, 5) is 33.6. The maximum Gasteiger partial charge on any atom is 0.348 e. The number of fused-ring (bicyclic) bond motifs is 1. The van der Waals surface area contributed by atoms with E-state index < -0.39 is 5.97 Å². The number of aromatic nitrogens is 2.